The van der Waals surface area contributed by atoms with E-state index in [1.54, 1.807) is 18.0 Å². The molecule has 1 aromatic rings. The first-order chi connectivity index (χ1) is 6.29. The molecular weight excluding hydrogens is 204 g/mol. The quantitative estimate of drug-likeness (QED) is 0.666. The van der Waals surface area contributed by atoms with Gasteiger partial charge in [-0.3, -0.25) is 4.98 Å². The maximum atomic E-state index is 5.95. The molecule has 13 heavy (non-hydrogen) atoms. The second-order valence-corrected chi connectivity index (χ2v) is 4.17. The number of hydrogen-bond donors (Lipinski definition) is 0. The van der Waals surface area contributed by atoms with Gasteiger partial charge in [-0.05, 0) is 6.07 Å². The lowest BCUT2D eigenvalue weighted by Crippen LogP contribution is -2.14. The summed E-state index contributed by atoms with van der Waals surface area (Å²) < 4.78 is 0. The molecule has 1 aliphatic rings. The average Bonchev–Trinajstić information content (AvgIpc) is 2.49. The van der Waals surface area contributed by atoms with Crippen molar-refractivity contribution in [3.63, 3.8) is 0 Å². The van der Waals surface area contributed by atoms with Gasteiger partial charge in [0.1, 0.15) is 10.5 Å². The van der Waals surface area contributed by atoms with Crippen molar-refractivity contribution in [2.45, 2.75) is 5.37 Å². The van der Waals surface area contributed by atoms with E-state index in [1.165, 1.54) is 5.56 Å². The van der Waals surface area contributed by atoms with Gasteiger partial charge >= 0.3 is 0 Å². The van der Waals surface area contributed by atoms with E-state index >= 15 is 0 Å². The molecule has 1 atom stereocenters. The highest BCUT2D eigenvalue weighted by Crippen LogP contribution is 2.41. The Kier molecular flexibility index (Phi) is 2.47. The van der Waals surface area contributed by atoms with Crippen LogP contribution in [0.4, 0.5) is 0 Å². The molecule has 2 nitrogen and oxygen atoms in total. The van der Waals surface area contributed by atoms with Crippen LogP contribution in [-0.4, -0.2) is 16.9 Å². The Balaban J connectivity index is 2.22. The smallest absolute Gasteiger partial charge is 0.112 e. The lowest BCUT2D eigenvalue weighted by atomic mass is 10.3. The van der Waals surface area contributed by atoms with Gasteiger partial charge in [-0.2, -0.15) is 0 Å². The summed E-state index contributed by atoms with van der Waals surface area (Å²) >= 11 is 7.66. The minimum absolute atomic E-state index is 0.279. The summed E-state index contributed by atoms with van der Waals surface area (Å²) in [6, 6.07) is 4.00. The third-order valence-corrected chi connectivity index (χ3v) is 3.66. The lowest BCUT2D eigenvalue weighted by molar-refractivity contribution is 0.435. The molecule has 0 spiro atoms. The first-order valence-electron chi connectivity index (χ1n) is 3.93. The van der Waals surface area contributed by atoms with Gasteiger partial charge in [-0.15, -0.1) is 11.8 Å². The van der Waals surface area contributed by atoms with Gasteiger partial charge in [0, 0.05) is 30.4 Å². The second kappa shape index (κ2) is 3.60. The summed E-state index contributed by atoms with van der Waals surface area (Å²) in [7, 11) is 1.98. The van der Waals surface area contributed by atoms with Crippen LogP contribution in [0.2, 0.25) is 0 Å². The number of nitrogens with zero attached hydrogens (tertiary/aromatic N) is 2. The van der Waals surface area contributed by atoms with Crippen molar-refractivity contribution in [1.82, 2.24) is 9.88 Å². The van der Waals surface area contributed by atoms with E-state index in [-0.39, 0.29) is 5.37 Å². The Morgan fingerprint density at radius 2 is 2.46 bits per heavy atom. The van der Waals surface area contributed by atoms with Gasteiger partial charge in [0.25, 0.3) is 0 Å². The molecule has 2 heterocycles. The highest BCUT2D eigenvalue weighted by molar-refractivity contribution is 8.02. The van der Waals surface area contributed by atoms with Crippen molar-refractivity contribution in [2.75, 3.05) is 7.05 Å². The number of thioether (sulfide) groups is 1. The SMILES string of the molecule is CN1C(Cl)=CSC1c1cccnc1. The molecule has 1 aromatic heterocycles. The maximum absolute atomic E-state index is 5.95. The van der Waals surface area contributed by atoms with Crippen LogP contribution in [0.5, 0.6) is 0 Å². The van der Waals surface area contributed by atoms with Crippen molar-refractivity contribution in [3.05, 3.63) is 40.7 Å². The Morgan fingerprint density at radius 3 is 3.00 bits per heavy atom. The molecule has 4 heteroatoms. The zero-order valence-electron chi connectivity index (χ0n) is 7.14. The summed E-state index contributed by atoms with van der Waals surface area (Å²) in [5.74, 6) is 0. The Hall–Kier alpha value is -0.670. The van der Waals surface area contributed by atoms with Crippen molar-refractivity contribution in [1.29, 1.82) is 0 Å². The van der Waals surface area contributed by atoms with Gasteiger partial charge in [0.2, 0.25) is 0 Å². The van der Waals surface area contributed by atoms with E-state index < -0.39 is 0 Å². The lowest BCUT2D eigenvalue weighted by Gasteiger charge is -2.21. The molecule has 0 saturated carbocycles. The van der Waals surface area contributed by atoms with Crippen LogP contribution in [0.25, 0.3) is 0 Å². The predicted molar refractivity (Wildman–Crippen MR) is 56.3 cm³/mol. The second-order valence-electron chi connectivity index (χ2n) is 2.83. The summed E-state index contributed by atoms with van der Waals surface area (Å²) in [5, 5.41) is 3.03. The van der Waals surface area contributed by atoms with Gasteiger partial charge in [0.05, 0.1) is 0 Å². The summed E-state index contributed by atoms with van der Waals surface area (Å²) in [5.41, 5.74) is 1.18. The molecule has 0 fully saturated rings. The third kappa shape index (κ3) is 1.67. The van der Waals surface area contributed by atoms with Crippen LogP contribution in [0.3, 0.4) is 0 Å². The monoisotopic (exact) mass is 212 g/mol. The highest BCUT2D eigenvalue weighted by Gasteiger charge is 2.23. The molecule has 0 saturated heterocycles. The number of rotatable bonds is 1. The van der Waals surface area contributed by atoms with Crippen molar-refractivity contribution in [2.24, 2.45) is 0 Å². The molecule has 0 aromatic carbocycles. The molecule has 68 valence electrons. The number of pyridine rings is 1. The molecule has 1 aliphatic heterocycles. The van der Waals surface area contributed by atoms with Crippen LogP contribution in [-0.2, 0) is 0 Å². The number of halogens is 1. The Labute approximate surface area is 86.6 Å². The fourth-order valence-electron chi connectivity index (χ4n) is 1.23. The fourth-order valence-corrected chi connectivity index (χ4v) is 2.54. The minimum Gasteiger partial charge on any atom is -0.349 e. The van der Waals surface area contributed by atoms with Crippen LogP contribution in [0, 0.1) is 0 Å². The maximum Gasteiger partial charge on any atom is 0.112 e. The van der Waals surface area contributed by atoms with E-state index in [2.05, 4.69) is 11.1 Å². The standard InChI is InChI=1S/C9H9ClN2S/c1-12-8(10)6-13-9(12)7-3-2-4-11-5-7/h2-6,9H,1H3. The van der Waals surface area contributed by atoms with E-state index in [1.807, 2.05) is 29.6 Å². The predicted octanol–water partition coefficient (Wildman–Crippen LogP) is 2.80. The van der Waals surface area contributed by atoms with Crippen molar-refractivity contribution in [3.8, 4) is 0 Å². The van der Waals surface area contributed by atoms with Crippen LogP contribution in [0.15, 0.2) is 35.1 Å². The molecule has 2 rings (SSSR count). The Morgan fingerprint density at radius 1 is 1.62 bits per heavy atom. The zero-order chi connectivity index (χ0) is 9.26. The normalized spacial score (nSPS) is 21.8. The molecule has 0 bridgehead atoms. The van der Waals surface area contributed by atoms with E-state index in [4.69, 9.17) is 11.6 Å². The molecule has 0 aliphatic carbocycles. The van der Waals surface area contributed by atoms with Crippen LogP contribution >= 0.6 is 23.4 Å². The Bertz CT molecular complexity index is 326. The minimum atomic E-state index is 0.279. The highest BCUT2D eigenvalue weighted by atomic mass is 35.5. The van der Waals surface area contributed by atoms with Gasteiger partial charge in [-0.1, -0.05) is 17.7 Å². The molecule has 0 N–H and O–H groups in total. The van der Waals surface area contributed by atoms with E-state index in [9.17, 15) is 0 Å². The van der Waals surface area contributed by atoms with Gasteiger partial charge < -0.3 is 4.90 Å². The molecule has 1 unspecified atom stereocenters. The summed E-state index contributed by atoms with van der Waals surface area (Å²) in [6.45, 7) is 0. The first-order valence-corrected chi connectivity index (χ1v) is 5.25. The topological polar surface area (TPSA) is 16.1 Å². The summed E-state index contributed by atoms with van der Waals surface area (Å²) in [6.07, 6.45) is 3.65. The summed E-state index contributed by atoms with van der Waals surface area (Å²) in [4.78, 5) is 6.11. The molecule has 0 amide bonds. The van der Waals surface area contributed by atoms with Gasteiger partial charge in [0.15, 0.2) is 0 Å². The van der Waals surface area contributed by atoms with Crippen LogP contribution < -0.4 is 0 Å². The molecule has 0 radical (unpaired) electrons. The fraction of sp³-hybridized carbons (Fsp3) is 0.222. The number of aromatic nitrogens is 1. The van der Waals surface area contributed by atoms with E-state index in [0.29, 0.717) is 0 Å². The van der Waals surface area contributed by atoms with Crippen molar-refractivity contribution < 1.29 is 0 Å². The number of hydrogen-bond acceptors (Lipinski definition) is 3. The zero-order valence-corrected chi connectivity index (χ0v) is 8.72. The first kappa shape index (κ1) is 8.91. The largest absolute Gasteiger partial charge is 0.349 e. The molecular formula is C9H9ClN2S. The van der Waals surface area contributed by atoms with Gasteiger partial charge in [-0.25, -0.2) is 0 Å². The average molecular weight is 213 g/mol. The van der Waals surface area contributed by atoms with Crippen LogP contribution in [0.1, 0.15) is 10.9 Å². The van der Waals surface area contributed by atoms with Crippen molar-refractivity contribution >= 4 is 23.4 Å². The van der Waals surface area contributed by atoms with E-state index in [0.717, 1.165) is 5.16 Å². The third-order valence-electron chi connectivity index (χ3n) is 1.95.